The van der Waals surface area contributed by atoms with Crippen LogP contribution in [0.4, 0.5) is 0 Å². The van der Waals surface area contributed by atoms with Crippen LogP contribution in [0.2, 0.25) is 0 Å². The Hall–Kier alpha value is -2.72. The Kier molecular flexibility index (Phi) is 68.7. The maximum Gasteiger partial charge on any atom is 0.472 e. The molecule has 0 rings (SSSR count). The lowest BCUT2D eigenvalue weighted by Gasteiger charge is -2.21. The fraction of sp³-hybridized carbons (Fsp3) is 0.870. The van der Waals surface area contributed by atoms with Gasteiger partial charge in [0.15, 0.2) is 12.2 Å². The van der Waals surface area contributed by atoms with Crippen LogP contribution in [-0.4, -0.2) is 96.7 Å². The number of hydrogen-bond donors (Lipinski definition) is 3. The van der Waals surface area contributed by atoms with Crippen molar-refractivity contribution in [3.8, 4) is 0 Å². The topological polar surface area (TPSA) is 237 Å². The summed E-state index contributed by atoms with van der Waals surface area (Å²) in [6, 6.07) is 0. The van der Waals surface area contributed by atoms with Crippen LogP contribution in [0.1, 0.15) is 374 Å². The summed E-state index contributed by atoms with van der Waals surface area (Å²) in [4.78, 5) is 72.8. The van der Waals surface area contributed by atoms with Gasteiger partial charge < -0.3 is 33.8 Å². The number of hydrogen-bond acceptors (Lipinski definition) is 15. The Bertz CT molecular complexity index is 1970. The molecule has 0 radical (unpaired) electrons. The number of aliphatic hydroxyl groups excluding tert-OH is 1. The third kappa shape index (κ3) is 69.7. The summed E-state index contributed by atoms with van der Waals surface area (Å²) in [7, 11) is -9.93. The molecule has 0 aliphatic carbocycles. The van der Waals surface area contributed by atoms with Gasteiger partial charge in [-0.1, -0.05) is 308 Å². The molecule has 0 aliphatic heterocycles. The molecule has 5 atom stereocenters. The van der Waals surface area contributed by atoms with Gasteiger partial charge in [0.1, 0.15) is 19.3 Å². The first-order valence-electron chi connectivity index (χ1n) is 39.2. The van der Waals surface area contributed by atoms with Crippen molar-refractivity contribution in [2.45, 2.75) is 393 Å². The smallest absolute Gasteiger partial charge is 0.462 e. The number of carbonyl (C=O) groups is 4. The molecule has 564 valence electrons. The van der Waals surface area contributed by atoms with Gasteiger partial charge >= 0.3 is 39.5 Å². The zero-order valence-electron chi connectivity index (χ0n) is 61.6. The van der Waals surface area contributed by atoms with E-state index in [1.807, 2.05) is 0 Å². The molecule has 0 bridgehead atoms. The third-order valence-corrected chi connectivity index (χ3v) is 19.0. The molecule has 0 amide bonds. The Morgan fingerprint density at radius 1 is 0.292 bits per heavy atom. The molecule has 0 heterocycles. The standard InChI is InChI=1S/C77H144O17P2/c1-5-9-13-17-21-25-29-33-35-39-43-47-51-55-59-63-76(81)93-72(67-87-74(79)61-57-53-49-45-41-37-31-27-23-19-15-11-7-3)69-91-95(83,84)89-65-71(78)66-90-96(85,86)92-70-73(68-88-75(80)62-58-54-50-46-42-38-32-28-24-20-16-12-8-4)94-77(82)64-60-56-52-48-44-40-36-34-30-26-22-18-14-10-6-2/h25,29,33-36,71-73,78H,5-24,26-28,30-32,37-70H2,1-4H3,(H,83,84)(H,85,86)/b29-25-,35-33-,36-34-/t71-,72+,73+/m0/s1. The fourth-order valence-corrected chi connectivity index (χ4v) is 12.7. The zero-order chi connectivity index (χ0) is 70.4. The normalized spacial score (nSPS) is 14.1. The number of phosphoric acid groups is 2. The zero-order valence-corrected chi connectivity index (χ0v) is 63.4. The maximum atomic E-state index is 13.1. The Labute approximate surface area is 585 Å². The minimum absolute atomic E-state index is 0.0846. The molecular weight excluding hydrogens is 1260 g/mol. The van der Waals surface area contributed by atoms with Crippen molar-refractivity contribution in [3.63, 3.8) is 0 Å². The van der Waals surface area contributed by atoms with E-state index in [-0.39, 0.29) is 25.7 Å². The van der Waals surface area contributed by atoms with Crippen LogP contribution in [-0.2, 0) is 65.4 Å². The van der Waals surface area contributed by atoms with Gasteiger partial charge in [0.2, 0.25) is 0 Å². The van der Waals surface area contributed by atoms with E-state index in [0.717, 1.165) is 116 Å². The molecule has 0 spiro atoms. The first-order valence-corrected chi connectivity index (χ1v) is 42.2. The highest BCUT2D eigenvalue weighted by molar-refractivity contribution is 7.47. The number of unbranched alkanes of at least 4 members (excludes halogenated alkanes) is 44. The second-order valence-electron chi connectivity index (χ2n) is 26.7. The van der Waals surface area contributed by atoms with Gasteiger partial charge in [-0.15, -0.1) is 0 Å². The Balaban J connectivity index is 5.32. The van der Waals surface area contributed by atoms with Crippen LogP contribution in [0.5, 0.6) is 0 Å². The monoisotopic (exact) mass is 1400 g/mol. The first kappa shape index (κ1) is 93.3. The molecule has 0 aromatic heterocycles. The number of carbonyl (C=O) groups excluding carboxylic acids is 4. The van der Waals surface area contributed by atoms with Crippen molar-refractivity contribution >= 4 is 39.5 Å². The van der Waals surface area contributed by atoms with Gasteiger partial charge in [-0.25, -0.2) is 9.13 Å². The number of phosphoric ester groups is 2. The first-order chi connectivity index (χ1) is 46.7. The highest BCUT2D eigenvalue weighted by atomic mass is 31.2. The van der Waals surface area contributed by atoms with Gasteiger partial charge in [0, 0.05) is 25.7 Å². The summed E-state index contributed by atoms with van der Waals surface area (Å²) >= 11 is 0. The number of esters is 4. The molecular formula is C77H144O17P2. The van der Waals surface area contributed by atoms with E-state index in [2.05, 4.69) is 64.2 Å². The Morgan fingerprint density at radius 2 is 0.510 bits per heavy atom. The minimum Gasteiger partial charge on any atom is -0.462 e. The predicted octanol–water partition coefficient (Wildman–Crippen LogP) is 22.3. The van der Waals surface area contributed by atoms with E-state index in [1.54, 1.807) is 0 Å². The lowest BCUT2D eigenvalue weighted by molar-refractivity contribution is -0.161. The fourth-order valence-electron chi connectivity index (χ4n) is 11.1. The average Bonchev–Trinajstić information content (AvgIpc) is 1.19. The van der Waals surface area contributed by atoms with Crippen LogP contribution in [0.3, 0.4) is 0 Å². The second kappa shape index (κ2) is 70.7. The predicted molar refractivity (Wildman–Crippen MR) is 391 cm³/mol. The van der Waals surface area contributed by atoms with Gasteiger partial charge in [0.25, 0.3) is 0 Å². The molecule has 3 N–H and O–H groups in total. The Morgan fingerprint density at radius 3 is 0.792 bits per heavy atom. The van der Waals surface area contributed by atoms with Crippen LogP contribution >= 0.6 is 15.6 Å². The summed E-state index contributed by atoms with van der Waals surface area (Å²) in [6.45, 7) is 4.90. The van der Waals surface area contributed by atoms with Crippen molar-refractivity contribution in [2.24, 2.45) is 0 Å². The van der Waals surface area contributed by atoms with Crippen molar-refractivity contribution < 1.29 is 80.2 Å². The van der Waals surface area contributed by atoms with Crippen LogP contribution in [0, 0.1) is 0 Å². The van der Waals surface area contributed by atoms with E-state index in [1.165, 1.54) is 180 Å². The molecule has 17 nitrogen and oxygen atoms in total. The summed E-state index contributed by atoms with van der Waals surface area (Å²) in [5.74, 6) is -2.16. The van der Waals surface area contributed by atoms with E-state index in [0.29, 0.717) is 25.7 Å². The quantitative estimate of drug-likeness (QED) is 0.0128. The highest BCUT2D eigenvalue weighted by Crippen LogP contribution is 2.45. The molecule has 96 heavy (non-hydrogen) atoms. The van der Waals surface area contributed by atoms with Crippen molar-refractivity contribution in [2.75, 3.05) is 39.6 Å². The molecule has 2 unspecified atom stereocenters. The van der Waals surface area contributed by atoms with Crippen LogP contribution in [0.15, 0.2) is 36.5 Å². The van der Waals surface area contributed by atoms with E-state index >= 15 is 0 Å². The molecule has 0 saturated carbocycles. The summed E-state index contributed by atoms with van der Waals surface area (Å²) < 4.78 is 68.5. The average molecular weight is 1400 g/mol. The molecule has 0 aliphatic rings. The number of ether oxygens (including phenoxy) is 4. The van der Waals surface area contributed by atoms with E-state index < -0.39 is 97.5 Å². The van der Waals surface area contributed by atoms with E-state index in [4.69, 9.17) is 37.0 Å². The lowest BCUT2D eigenvalue weighted by Crippen LogP contribution is -2.30. The second-order valence-corrected chi connectivity index (χ2v) is 29.6. The summed E-state index contributed by atoms with van der Waals surface area (Å²) in [5, 5.41) is 10.6. The molecule has 0 aromatic rings. The lowest BCUT2D eigenvalue weighted by atomic mass is 10.0. The maximum absolute atomic E-state index is 13.1. The van der Waals surface area contributed by atoms with E-state index in [9.17, 15) is 43.2 Å². The van der Waals surface area contributed by atoms with Crippen molar-refractivity contribution in [3.05, 3.63) is 36.5 Å². The summed E-state index contributed by atoms with van der Waals surface area (Å²) in [6.07, 6.45) is 65.5. The number of rotatable bonds is 75. The minimum atomic E-state index is -4.97. The number of allylic oxidation sites excluding steroid dienone is 6. The largest absolute Gasteiger partial charge is 0.472 e. The van der Waals surface area contributed by atoms with Gasteiger partial charge in [-0.05, 0) is 77.0 Å². The molecule has 0 fully saturated rings. The van der Waals surface area contributed by atoms with Crippen molar-refractivity contribution in [1.29, 1.82) is 0 Å². The SMILES string of the molecule is CCCCCC/C=C\C=C/CCCCCCCC(=O)O[C@H](COC(=O)CCCCCCCCCCCCCCC)COP(=O)(O)OC[C@H](O)COP(=O)(O)OC[C@@H](COC(=O)CCCCCCCCCCCCCCC)OC(=O)CCCCCCC/C=C\CCCCCCCC. The van der Waals surface area contributed by atoms with Crippen molar-refractivity contribution in [1.82, 2.24) is 0 Å². The van der Waals surface area contributed by atoms with Crippen LogP contribution in [0.25, 0.3) is 0 Å². The molecule has 19 heteroatoms. The van der Waals surface area contributed by atoms with Gasteiger partial charge in [-0.3, -0.25) is 37.3 Å². The number of aliphatic hydroxyl groups is 1. The summed E-state index contributed by atoms with van der Waals surface area (Å²) in [5.41, 5.74) is 0. The highest BCUT2D eigenvalue weighted by Gasteiger charge is 2.30. The molecule has 0 saturated heterocycles. The van der Waals surface area contributed by atoms with Gasteiger partial charge in [-0.2, -0.15) is 0 Å². The van der Waals surface area contributed by atoms with Crippen LogP contribution < -0.4 is 0 Å². The third-order valence-electron chi connectivity index (χ3n) is 17.1. The van der Waals surface area contributed by atoms with Gasteiger partial charge in [0.05, 0.1) is 26.4 Å². The molecule has 0 aromatic carbocycles.